The molecule has 0 aliphatic heterocycles. The number of hydrogen-bond acceptors (Lipinski definition) is 3. The summed E-state index contributed by atoms with van der Waals surface area (Å²) >= 11 is 5.10. The minimum atomic E-state index is 0.702. The van der Waals surface area contributed by atoms with E-state index in [0.29, 0.717) is 16.1 Å². The maximum Gasteiger partial charge on any atom is 0.161 e. The van der Waals surface area contributed by atoms with Crippen molar-refractivity contribution in [2.24, 2.45) is 0 Å². The van der Waals surface area contributed by atoms with E-state index in [2.05, 4.69) is 4.98 Å². The molecule has 1 heterocycles. The summed E-state index contributed by atoms with van der Waals surface area (Å²) in [6, 6.07) is 11.5. The van der Waals surface area contributed by atoms with Gasteiger partial charge in [0.05, 0.1) is 14.2 Å². The fourth-order valence-electron chi connectivity index (χ4n) is 1.62. The van der Waals surface area contributed by atoms with Crippen LogP contribution in [0.15, 0.2) is 36.4 Å². The van der Waals surface area contributed by atoms with Crippen molar-refractivity contribution in [3.63, 3.8) is 0 Å². The third kappa shape index (κ3) is 2.47. The summed E-state index contributed by atoms with van der Waals surface area (Å²) in [5.41, 5.74) is 1.97. The minimum Gasteiger partial charge on any atom is -0.493 e. The highest BCUT2D eigenvalue weighted by Gasteiger charge is 2.05. The van der Waals surface area contributed by atoms with Crippen LogP contribution in [0.1, 0.15) is 0 Å². The van der Waals surface area contributed by atoms with Crippen molar-refractivity contribution in [3.05, 3.63) is 41.0 Å². The Hall–Kier alpha value is -1.81. The van der Waals surface area contributed by atoms with Gasteiger partial charge in [-0.25, -0.2) is 0 Å². The summed E-state index contributed by atoms with van der Waals surface area (Å²) in [7, 11) is 3.24. The normalized spacial score (nSPS) is 10.0. The molecule has 0 saturated carbocycles. The zero-order chi connectivity index (χ0) is 12.3. The van der Waals surface area contributed by atoms with Gasteiger partial charge < -0.3 is 14.5 Å². The number of benzene rings is 1. The van der Waals surface area contributed by atoms with Crippen molar-refractivity contribution in [1.82, 2.24) is 4.98 Å². The van der Waals surface area contributed by atoms with E-state index in [1.54, 1.807) is 14.2 Å². The molecule has 0 amide bonds. The van der Waals surface area contributed by atoms with Crippen molar-refractivity contribution in [1.29, 1.82) is 0 Å². The van der Waals surface area contributed by atoms with E-state index < -0.39 is 0 Å². The van der Waals surface area contributed by atoms with Crippen molar-refractivity contribution >= 4 is 12.2 Å². The number of nitrogens with one attached hydrogen (secondary N) is 1. The van der Waals surface area contributed by atoms with Crippen molar-refractivity contribution in [2.75, 3.05) is 14.2 Å². The van der Waals surface area contributed by atoms with Gasteiger partial charge in [-0.3, -0.25) is 0 Å². The van der Waals surface area contributed by atoms with Crippen LogP contribution < -0.4 is 9.47 Å². The Morgan fingerprint density at radius 1 is 1.00 bits per heavy atom. The van der Waals surface area contributed by atoms with Gasteiger partial charge in [0.2, 0.25) is 0 Å². The Bertz CT molecular complexity index is 578. The maximum absolute atomic E-state index is 5.26. The van der Waals surface area contributed by atoms with Gasteiger partial charge in [-0.15, -0.1) is 0 Å². The fourth-order valence-corrected chi connectivity index (χ4v) is 1.81. The average molecular weight is 247 g/mol. The van der Waals surface area contributed by atoms with E-state index in [-0.39, 0.29) is 0 Å². The quantitative estimate of drug-likeness (QED) is 0.844. The lowest BCUT2D eigenvalue weighted by Gasteiger charge is -2.09. The molecule has 88 valence electrons. The van der Waals surface area contributed by atoms with Crippen molar-refractivity contribution in [3.8, 4) is 22.8 Å². The second-order valence-corrected chi connectivity index (χ2v) is 3.94. The van der Waals surface area contributed by atoms with Gasteiger partial charge in [0.15, 0.2) is 11.5 Å². The molecule has 4 heteroatoms. The molecule has 0 atom stereocenters. The molecule has 1 N–H and O–H groups in total. The Morgan fingerprint density at radius 2 is 1.76 bits per heavy atom. The predicted molar refractivity (Wildman–Crippen MR) is 70.2 cm³/mol. The van der Waals surface area contributed by atoms with Crippen LogP contribution in [-0.4, -0.2) is 19.2 Å². The zero-order valence-corrected chi connectivity index (χ0v) is 10.5. The second kappa shape index (κ2) is 5.01. The highest BCUT2D eigenvalue weighted by Crippen LogP contribution is 2.31. The van der Waals surface area contributed by atoms with Crippen LogP contribution in [-0.2, 0) is 0 Å². The van der Waals surface area contributed by atoms with Gasteiger partial charge in [0, 0.05) is 11.3 Å². The molecule has 2 rings (SSSR count). The molecule has 17 heavy (non-hydrogen) atoms. The van der Waals surface area contributed by atoms with Crippen LogP contribution in [0.4, 0.5) is 0 Å². The highest BCUT2D eigenvalue weighted by molar-refractivity contribution is 7.71. The van der Waals surface area contributed by atoms with E-state index in [1.165, 1.54) is 0 Å². The van der Waals surface area contributed by atoms with Crippen LogP contribution in [0.2, 0.25) is 0 Å². The standard InChI is InChI=1S/C13H13NO2S/c1-15-11-7-6-9(8-12(11)16-2)10-4-3-5-13(17)14-10/h3-8H,1-2H3,(H,14,17). The first-order chi connectivity index (χ1) is 8.24. The Kier molecular flexibility index (Phi) is 3.44. The van der Waals surface area contributed by atoms with E-state index in [4.69, 9.17) is 21.7 Å². The fraction of sp³-hybridized carbons (Fsp3) is 0.154. The summed E-state index contributed by atoms with van der Waals surface area (Å²) in [4.78, 5) is 3.13. The predicted octanol–water partition coefficient (Wildman–Crippen LogP) is 3.43. The van der Waals surface area contributed by atoms with Gasteiger partial charge in [-0.1, -0.05) is 18.3 Å². The average Bonchev–Trinajstić information content (AvgIpc) is 2.38. The first-order valence-electron chi connectivity index (χ1n) is 5.16. The lowest BCUT2D eigenvalue weighted by atomic mass is 10.1. The van der Waals surface area contributed by atoms with Gasteiger partial charge in [0.1, 0.15) is 4.64 Å². The number of H-pyrrole nitrogens is 1. The molecule has 1 aromatic carbocycles. The maximum atomic E-state index is 5.26. The SMILES string of the molecule is COc1ccc(-c2cccc(=S)[nH]2)cc1OC. The zero-order valence-electron chi connectivity index (χ0n) is 9.69. The Balaban J connectivity index is 2.50. The largest absolute Gasteiger partial charge is 0.493 e. The molecule has 0 aliphatic carbocycles. The topological polar surface area (TPSA) is 34.2 Å². The second-order valence-electron chi connectivity index (χ2n) is 3.50. The smallest absolute Gasteiger partial charge is 0.161 e. The summed E-state index contributed by atoms with van der Waals surface area (Å²) in [6.07, 6.45) is 0. The lowest BCUT2D eigenvalue weighted by Crippen LogP contribution is -1.91. The molecule has 1 aromatic heterocycles. The van der Waals surface area contributed by atoms with Crippen LogP contribution in [0.3, 0.4) is 0 Å². The number of ether oxygens (including phenoxy) is 2. The van der Waals surface area contributed by atoms with E-state index in [9.17, 15) is 0 Å². The number of hydrogen-bond donors (Lipinski definition) is 1. The molecule has 3 nitrogen and oxygen atoms in total. The molecule has 0 unspecified atom stereocenters. The number of aromatic amines is 1. The van der Waals surface area contributed by atoms with Gasteiger partial charge >= 0.3 is 0 Å². The number of methoxy groups -OCH3 is 2. The molecule has 0 bridgehead atoms. The van der Waals surface area contributed by atoms with Crippen LogP contribution in [0.25, 0.3) is 11.3 Å². The molecule has 2 aromatic rings. The first kappa shape index (κ1) is 11.7. The Labute approximate surface area is 105 Å². The molecule has 0 saturated heterocycles. The summed E-state index contributed by atoms with van der Waals surface area (Å²) in [6.45, 7) is 0. The van der Waals surface area contributed by atoms with E-state index >= 15 is 0 Å². The van der Waals surface area contributed by atoms with Crippen molar-refractivity contribution in [2.45, 2.75) is 0 Å². The summed E-state index contributed by atoms with van der Waals surface area (Å²) in [5.74, 6) is 1.42. The molecule has 0 spiro atoms. The molecular formula is C13H13NO2S. The Morgan fingerprint density at radius 3 is 2.41 bits per heavy atom. The minimum absolute atomic E-state index is 0.702. The van der Waals surface area contributed by atoms with E-state index in [1.807, 2.05) is 36.4 Å². The molecule has 0 fully saturated rings. The summed E-state index contributed by atoms with van der Waals surface area (Å²) in [5, 5.41) is 0. The van der Waals surface area contributed by atoms with Gasteiger partial charge in [0.25, 0.3) is 0 Å². The van der Waals surface area contributed by atoms with Crippen LogP contribution >= 0.6 is 12.2 Å². The third-order valence-electron chi connectivity index (χ3n) is 2.46. The van der Waals surface area contributed by atoms with Crippen LogP contribution in [0, 0.1) is 4.64 Å². The number of rotatable bonds is 3. The number of aromatic nitrogens is 1. The van der Waals surface area contributed by atoms with Gasteiger partial charge in [-0.2, -0.15) is 0 Å². The lowest BCUT2D eigenvalue weighted by molar-refractivity contribution is 0.355. The monoisotopic (exact) mass is 247 g/mol. The molecule has 0 aliphatic rings. The van der Waals surface area contributed by atoms with Crippen molar-refractivity contribution < 1.29 is 9.47 Å². The summed E-state index contributed by atoms with van der Waals surface area (Å²) < 4.78 is 11.2. The van der Waals surface area contributed by atoms with Crippen LogP contribution in [0.5, 0.6) is 11.5 Å². The highest BCUT2D eigenvalue weighted by atomic mass is 32.1. The molecular weight excluding hydrogens is 234 g/mol. The number of pyridine rings is 1. The van der Waals surface area contributed by atoms with Gasteiger partial charge in [-0.05, 0) is 30.3 Å². The van der Waals surface area contributed by atoms with E-state index in [0.717, 1.165) is 11.3 Å². The third-order valence-corrected chi connectivity index (χ3v) is 2.70. The first-order valence-corrected chi connectivity index (χ1v) is 5.57. The molecule has 0 radical (unpaired) electrons.